The molecule has 0 bridgehead atoms. The Hall–Kier alpha value is -0.470. The van der Waals surface area contributed by atoms with Crippen LogP contribution in [0.1, 0.15) is 45.1 Å². The van der Waals surface area contributed by atoms with Gasteiger partial charge < -0.3 is 5.32 Å². The predicted octanol–water partition coefficient (Wildman–Crippen LogP) is 4.76. The molecule has 3 rings (SSSR count). The van der Waals surface area contributed by atoms with Crippen LogP contribution in [-0.2, 0) is 6.42 Å². The number of hydrogen-bond donors (Lipinski definition) is 1. The Bertz CT molecular complexity index is 457. The minimum Gasteiger partial charge on any atom is -0.319 e. The Balaban J connectivity index is 1.65. The first-order valence-corrected chi connectivity index (χ1v) is 9.34. The summed E-state index contributed by atoms with van der Waals surface area (Å²) in [7, 11) is 2.11. The van der Waals surface area contributed by atoms with E-state index in [9.17, 15) is 0 Å². The van der Waals surface area contributed by atoms with Gasteiger partial charge in [-0.1, -0.05) is 32.0 Å². The molecule has 1 nitrogen and oxygen atoms in total. The first-order valence-electron chi connectivity index (χ1n) is 8.46. The number of nitrogens with one attached hydrogen (secondary N) is 1. The first kappa shape index (κ1) is 15.4. The SMILES string of the molecule is CNCC1CCC(C)(C)CC1CC1Cc2ccccc2S1. The summed E-state index contributed by atoms with van der Waals surface area (Å²) in [6.07, 6.45) is 6.89. The normalized spacial score (nSPS) is 31.1. The Morgan fingerprint density at radius 2 is 2.05 bits per heavy atom. The van der Waals surface area contributed by atoms with E-state index in [2.05, 4.69) is 62.2 Å². The summed E-state index contributed by atoms with van der Waals surface area (Å²) >= 11 is 2.13. The minimum absolute atomic E-state index is 0.547. The highest BCUT2D eigenvalue weighted by Gasteiger charge is 2.36. The zero-order chi connectivity index (χ0) is 14.9. The average molecular weight is 304 g/mol. The van der Waals surface area contributed by atoms with Gasteiger partial charge in [0, 0.05) is 10.1 Å². The molecule has 0 radical (unpaired) electrons. The Morgan fingerprint density at radius 1 is 1.24 bits per heavy atom. The minimum atomic E-state index is 0.547. The van der Waals surface area contributed by atoms with Crippen molar-refractivity contribution >= 4 is 11.8 Å². The summed E-state index contributed by atoms with van der Waals surface area (Å²) in [5, 5.41) is 4.24. The van der Waals surface area contributed by atoms with E-state index in [-0.39, 0.29) is 0 Å². The maximum Gasteiger partial charge on any atom is 0.0138 e. The molecule has 1 heterocycles. The highest BCUT2D eigenvalue weighted by molar-refractivity contribution is 8.00. The second-order valence-electron chi connectivity index (χ2n) is 7.77. The van der Waals surface area contributed by atoms with Gasteiger partial charge in [-0.25, -0.2) is 0 Å². The van der Waals surface area contributed by atoms with Crippen molar-refractivity contribution in [1.82, 2.24) is 5.32 Å². The van der Waals surface area contributed by atoms with Crippen LogP contribution in [-0.4, -0.2) is 18.8 Å². The van der Waals surface area contributed by atoms with Crippen molar-refractivity contribution in [3.8, 4) is 0 Å². The lowest BCUT2D eigenvalue weighted by molar-refractivity contribution is 0.111. The van der Waals surface area contributed by atoms with Crippen LogP contribution in [0.15, 0.2) is 29.2 Å². The zero-order valence-corrected chi connectivity index (χ0v) is 14.5. The fourth-order valence-corrected chi connectivity index (χ4v) is 5.75. The number of fused-ring (bicyclic) bond motifs is 1. The maximum atomic E-state index is 3.43. The van der Waals surface area contributed by atoms with Gasteiger partial charge in [0.1, 0.15) is 0 Å². The molecule has 116 valence electrons. The van der Waals surface area contributed by atoms with Crippen molar-refractivity contribution in [3.05, 3.63) is 29.8 Å². The van der Waals surface area contributed by atoms with Crippen LogP contribution in [0.3, 0.4) is 0 Å². The van der Waals surface area contributed by atoms with Crippen molar-refractivity contribution in [1.29, 1.82) is 0 Å². The molecule has 3 unspecified atom stereocenters. The fraction of sp³-hybridized carbons (Fsp3) is 0.684. The standard InChI is InChI=1S/C19H29NS/c1-19(2)9-8-15(13-20-3)16(12-19)11-17-10-14-6-4-5-7-18(14)21-17/h4-7,15-17,20H,8-13H2,1-3H3. The summed E-state index contributed by atoms with van der Waals surface area (Å²) in [6, 6.07) is 8.99. The molecular formula is C19H29NS. The molecule has 1 saturated carbocycles. The Labute approximate surface area is 134 Å². The molecule has 1 fully saturated rings. The highest BCUT2D eigenvalue weighted by Crippen LogP contribution is 2.47. The van der Waals surface area contributed by atoms with Gasteiger partial charge in [0.15, 0.2) is 0 Å². The quantitative estimate of drug-likeness (QED) is 0.861. The van der Waals surface area contributed by atoms with Gasteiger partial charge in [0.25, 0.3) is 0 Å². The van der Waals surface area contributed by atoms with Crippen LogP contribution >= 0.6 is 11.8 Å². The lowest BCUT2D eigenvalue weighted by Crippen LogP contribution is -2.36. The van der Waals surface area contributed by atoms with E-state index >= 15 is 0 Å². The van der Waals surface area contributed by atoms with Crippen molar-refractivity contribution in [2.75, 3.05) is 13.6 Å². The molecule has 3 atom stereocenters. The highest BCUT2D eigenvalue weighted by atomic mass is 32.2. The largest absolute Gasteiger partial charge is 0.319 e. The van der Waals surface area contributed by atoms with Crippen LogP contribution < -0.4 is 5.32 Å². The third-order valence-electron chi connectivity index (χ3n) is 5.42. The van der Waals surface area contributed by atoms with Gasteiger partial charge in [-0.2, -0.15) is 0 Å². The van der Waals surface area contributed by atoms with E-state index in [1.807, 2.05) is 0 Å². The summed E-state index contributed by atoms with van der Waals surface area (Å²) in [6.45, 7) is 6.13. The maximum absolute atomic E-state index is 3.43. The van der Waals surface area contributed by atoms with Crippen LogP contribution in [0.2, 0.25) is 0 Å². The number of benzene rings is 1. The van der Waals surface area contributed by atoms with Gasteiger partial charge in [-0.05, 0) is 74.6 Å². The van der Waals surface area contributed by atoms with E-state index < -0.39 is 0 Å². The van der Waals surface area contributed by atoms with E-state index in [4.69, 9.17) is 0 Å². The summed E-state index contributed by atoms with van der Waals surface area (Å²) < 4.78 is 0. The molecule has 0 saturated heterocycles. The van der Waals surface area contributed by atoms with Crippen LogP contribution in [0.25, 0.3) is 0 Å². The lowest BCUT2D eigenvalue weighted by atomic mass is 9.65. The van der Waals surface area contributed by atoms with Crippen molar-refractivity contribution in [3.63, 3.8) is 0 Å². The molecule has 1 N–H and O–H groups in total. The van der Waals surface area contributed by atoms with E-state index in [1.165, 1.54) is 43.5 Å². The second kappa shape index (κ2) is 6.34. The number of thioether (sulfide) groups is 1. The van der Waals surface area contributed by atoms with Crippen molar-refractivity contribution < 1.29 is 0 Å². The first-order chi connectivity index (χ1) is 10.1. The average Bonchev–Trinajstić information content (AvgIpc) is 2.83. The second-order valence-corrected chi connectivity index (χ2v) is 9.11. The predicted molar refractivity (Wildman–Crippen MR) is 92.9 cm³/mol. The van der Waals surface area contributed by atoms with E-state index in [1.54, 1.807) is 5.56 Å². The van der Waals surface area contributed by atoms with Gasteiger partial charge in [0.2, 0.25) is 0 Å². The summed E-state index contributed by atoms with van der Waals surface area (Å²) in [5.41, 5.74) is 2.12. The Morgan fingerprint density at radius 3 is 2.81 bits per heavy atom. The molecular weight excluding hydrogens is 274 g/mol. The van der Waals surface area contributed by atoms with Gasteiger partial charge in [0.05, 0.1) is 0 Å². The molecule has 0 spiro atoms. The van der Waals surface area contributed by atoms with E-state index in [0.29, 0.717) is 5.41 Å². The molecule has 1 aliphatic carbocycles. The lowest BCUT2D eigenvalue weighted by Gasteiger charge is -2.41. The smallest absolute Gasteiger partial charge is 0.0138 e. The van der Waals surface area contributed by atoms with Crippen LogP contribution in [0, 0.1) is 17.3 Å². The molecule has 0 amide bonds. The topological polar surface area (TPSA) is 12.0 Å². The number of rotatable bonds is 4. The summed E-state index contributed by atoms with van der Waals surface area (Å²) in [4.78, 5) is 1.53. The molecule has 21 heavy (non-hydrogen) atoms. The number of hydrogen-bond acceptors (Lipinski definition) is 2. The van der Waals surface area contributed by atoms with Crippen LogP contribution in [0.5, 0.6) is 0 Å². The third kappa shape index (κ3) is 3.65. The molecule has 1 aromatic rings. The van der Waals surface area contributed by atoms with Gasteiger partial charge >= 0.3 is 0 Å². The third-order valence-corrected chi connectivity index (χ3v) is 6.76. The monoisotopic (exact) mass is 303 g/mol. The van der Waals surface area contributed by atoms with E-state index in [0.717, 1.165) is 17.1 Å². The molecule has 2 heteroatoms. The zero-order valence-electron chi connectivity index (χ0n) is 13.7. The van der Waals surface area contributed by atoms with Gasteiger partial charge in [-0.3, -0.25) is 0 Å². The van der Waals surface area contributed by atoms with Crippen LogP contribution in [0.4, 0.5) is 0 Å². The molecule has 1 aromatic carbocycles. The Kier molecular flexibility index (Phi) is 4.66. The molecule has 2 aliphatic rings. The molecule has 1 aliphatic heterocycles. The van der Waals surface area contributed by atoms with Crippen molar-refractivity contribution in [2.24, 2.45) is 17.3 Å². The molecule has 0 aromatic heterocycles. The fourth-order valence-electron chi connectivity index (χ4n) is 4.32. The van der Waals surface area contributed by atoms with Gasteiger partial charge in [-0.15, -0.1) is 11.8 Å². The summed E-state index contributed by atoms with van der Waals surface area (Å²) in [5.74, 6) is 1.78. The van der Waals surface area contributed by atoms with Crippen molar-refractivity contribution in [2.45, 2.75) is 56.1 Å².